The molecule has 0 spiro atoms. The van der Waals surface area contributed by atoms with Crippen molar-refractivity contribution in [2.75, 3.05) is 0 Å². The fourth-order valence-corrected chi connectivity index (χ4v) is 0.948. The number of benzene rings is 1. The first-order chi connectivity index (χ1) is 3.93. The molecule has 1 aromatic carbocycles. The minimum absolute atomic E-state index is 0.833. The zero-order valence-corrected chi connectivity index (χ0v) is 7.67. The van der Waals surface area contributed by atoms with E-state index >= 15 is 0 Å². The maximum absolute atomic E-state index is 5.04. The Kier molecular flexibility index (Phi) is 2.27. The summed E-state index contributed by atoms with van der Waals surface area (Å²) in [6, 6.07) is 9.80. The SMILES string of the molecule is [In][O]c1ccccc1. The summed E-state index contributed by atoms with van der Waals surface area (Å²) in [5.41, 5.74) is 0. The molecule has 0 atom stereocenters. The van der Waals surface area contributed by atoms with Crippen LogP contribution < -0.4 is 2.85 Å². The van der Waals surface area contributed by atoms with Crippen molar-refractivity contribution < 1.29 is 2.85 Å². The molecule has 0 saturated heterocycles. The normalized spacial score (nSPS) is 8.50. The van der Waals surface area contributed by atoms with Gasteiger partial charge in [-0.1, -0.05) is 0 Å². The molecule has 2 radical (unpaired) electrons. The topological polar surface area (TPSA) is 9.23 Å². The van der Waals surface area contributed by atoms with Crippen molar-refractivity contribution in [3.8, 4) is 5.75 Å². The van der Waals surface area contributed by atoms with Crippen molar-refractivity contribution in [1.82, 2.24) is 0 Å². The van der Waals surface area contributed by atoms with E-state index in [1.165, 1.54) is 0 Å². The van der Waals surface area contributed by atoms with Crippen LogP contribution >= 0.6 is 0 Å². The van der Waals surface area contributed by atoms with Crippen LogP contribution in [-0.2, 0) is 0 Å². The van der Waals surface area contributed by atoms with Gasteiger partial charge in [-0.15, -0.1) is 0 Å². The Hall–Kier alpha value is -0.110. The standard InChI is InChI=1S/C6H6O.In/c7-6-4-2-1-3-5-6;/h1-5,7H;/q;+1/p-1. The molecule has 0 amide bonds. The molecular formula is C6H5InO. The Labute approximate surface area is 63.8 Å². The van der Waals surface area contributed by atoms with Crippen LogP contribution in [0.5, 0.6) is 5.75 Å². The maximum atomic E-state index is 5.04. The van der Waals surface area contributed by atoms with E-state index in [0.717, 1.165) is 30.6 Å². The molecule has 0 aliphatic heterocycles. The Morgan fingerprint density at radius 3 is 2.12 bits per heavy atom. The first-order valence-corrected chi connectivity index (χ1v) is 3.70. The summed E-state index contributed by atoms with van der Waals surface area (Å²) in [5, 5.41) is 0. The van der Waals surface area contributed by atoms with Gasteiger partial charge in [-0.3, -0.25) is 0 Å². The van der Waals surface area contributed by atoms with Crippen LogP contribution in [0.2, 0.25) is 0 Å². The second-order valence-corrected chi connectivity index (χ2v) is 2.10. The summed E-state index contributed by atoms with van der Waals surface area (Å²) in [5.74, 6) is 0.968. The molecule has 0 N–H and O–H groups in total. The third-order valence-electron chi connectivity index (χ3n) is 0.879. The number of rotatable bonds is 1. The van der Waals surface area contributed by atoms with Crippen LogP contribution in [0.1, 0.15) is 0 Å². The molecule has 38 valence electrons. The molecule has 1 aromatic rings. The summed E-state index contributed by atoms with van der Waals surface area (Å²) in [6.45, 7) is 0. The van der Waals surface area contributed by atoms with Crippen LogP contribution in [0, 0.1) is 0 Å². The van der Waals surface area contributed by atoms with Gasteiger partial charge in [-0.05, 0) is 0 Å². The van der Waals surface area contributed by atoms with Gasteiger partial charge in [0.15, 0.2) is 0 Å². The second-order valence-electron chi connectivity index (χ2n) is 1.43. The van der Waals surface area contributed by atoms with Gasteiger partial charge in [0.1, 0.15) is 0 Å². The van der Waals surface area contributed by atoms with Gasteiger partial charge in [0.25, 0.3) is 0 Å². The van der Waals surface area contributed by atoms with Gasteiger partial charge >= 0.3 is 63.7 Å². The van der Waals surface area contributed by atoms with E-state index < -0.39 is 0 Å². The third kappa shape index (κ3) is 1.44. The quantitative estimate of drug-likeness (QED) is 0.672. The summed E-state index contributed by atoms with van der Waals surface area (Å²) in [6.07, 6.45) is 0. The molecule has 2 heteroatoms. The van der Waals surface area contributed by atoms with Gasteiger partial charge in [-0.25, -0.2) is 0 Å². The molecule has 0 aromatic heterocycles. The van der Waals surface area contributed by atoms with Crippen LogP contribution in [-0.4, -0.2) is 24.8 Å². The van der Waals surface area contributed by atoms with Gasteiger partial charge < -0.3 is 0 Å². The van der Waals surface area contributed by atoms with Crippen molar-refractivity contribution in [3.63, 3.8) is 0 Å². The molecule has 0 unspecified atom stereocenters. The zero-order valence-electron chi connectivity index (χ0n) is 4.37. The Morgan fingerprint density at radius 2 is 1.75 bits per heavy atom. The van der Waals surface area contributed by atoms with Gasteiger partial charge in [-0.2, -0.15) is 0 Å². The molecule has 0 aliphatic carbocycles. The summed E-state index contributed by atoms with van der Waals surface area (Å²) in [7, 11) is 0. The Bertz CT molecular complexity index is 150. The molecule has 0 saturated carbocycles. The van der Waals surface area contributed by atoms with Crippen molar-refractivity contribution in [3.05, 3.63) is 30.3 Å². The van der Waals surface area contributed by atoms with Crippen LogP contribution in [0.3, 0.4) is 0 Å². The molecular weight excluding hydrogens is 203 g/mol. The Morgan fingerprint density at radius 1 is 1.12 bits per heavy atom. The number of hydrogen-bond acceptors (Lipinski definition) is 1. The van der Waals surface area contributed by atoms with Crippen molar-refractivity contribution in [2.45, 2.75) is 0 Å². The van der Waals surface area contributed by atoms with E-state index in [4.69, 9.17) is 2.85 Å². The van der Waals surface area contributed by atoms with E-state index in [-0.39, 0.29) is 0 Å². The van der Waals surface area contributed by atoms with Crippen LogP contribution in [0.15, 0.2) is 30.3 Å². The first-order valence-electron chi connectivity index (χ1n) is 2.35. The fourth-order valence-electron chi connectivity index (χ4n) is 0.499. The predicted molar refractivity (Wildman–Crippen MR) is 32.8 cm³/mol. The average Bonchev–Trinajstić information content (AvgIpc) is 1.90. The average molecular weight is 208 g/mol. The fraction of sp³-hybridized carbons (Fsp3) is 0. The second kappa shape index (κ2) is 3.02. The summed E-state index contributed by atoms with van der Waals surface area (Å²) in [4.78, 5) is 0. The zero-order chi connectivity index (χ0) is 5.82. The van der Waals surface area contributed by atoms with E-state index in [0.29, 0.717) is 0 Å². The van der Waals surface area contributed by atoms with Crippen LogP contribution in [0.25, 0.3) is 0 Å². The van der Waals surface area contributed by atoms with E-state index in [9.17, 15) is 0 Å². The predicted octanol–water partition coefficient (Wildman–Crippen LogP) is 1.15. The minimum atomic E-state index is 0.833. The van der Waals surface area contributed by atoms with Gasteiger partial charge in [0.2, 0.25) is 0 Å². The first kappa shape index (κ1) is 6.02. The molecule has 0 fully saturated rings. The molecule has 1 rings (SSSR count). The molecule has 0 bridgehead atoms. The summed E-state index contributed by atoms with van der Waals surface area (Å²) >= 11 is 0.833. The van der Waals surface area contributed by atoms with E-state index in [1.54, 1.807) is 0 Å². The van der Waals surface area contributed by atoms with Gasteiger partial charge in [0, 0.05) is 0 Å². The third-order valence-corrected chi connectivity index (χ3v) is 1.66. The van der Waals surface area contributed by atoms with Crippen molar-refractivity contribution in [2.24, 2.45) is 0 Å². The monoisotopic (exact) mass is 208 g/mol. The summed E-state index contributed by atoms with van der Waals surface area (Å²) < 4.78 is 5.04. The number of hydrogen-bond donors (Lipinski definition) is 0. The molecule has 0 aliphatic rings. The van der Waals surface area contributed by atoms with Crippen molar-refractivity contribution in [1.29, 1.82) is 0 Å². The van der Waals surface area contributed by atoms with E-state index in [1.807, 2.05) is 30.3 Å². The van der Waals surface area contributed by atoms with E-state index in [2.05, 4.69) is 0 Å². The number of para-hydroxylation sites is 1. The molecule has 8 heavy (non-hydrogen) atoms. The van der Waals surface area contributed by atoms with Crippen LogP contribution in [0.4, 0.5) is 0 Å². The molecule has 1 nitrogen and oxygen atoms in total. The Balaban J connectivity index is 2.83. The van der Waals surface area contributed by atoms with Gasteiger partial charge in [0.05, 0.1) is 0 Å². The van der Waals surface area contributed by atoms with Crippen molar-refractivity contribution >= 4 is 24.8 Å². The molecule has 0 heterocycles.